The van der Waals surface area contributed by atoms with E-state index in [1.54, 1.807) is 23.9 Å². The molecule has 1 heterocycles. The lowest BCUT2D eigenvalue weighted by atomic mass is 10.2. The third kappa shape index (κ3) is 2.97. The summed E-state index contributed by atoms with van der Waals surface area (Å²) >= 11 is 1.68. The third-order valence-electron chi connectivity index (χ3n) is 2.05. The van der Waals surface area contributed by atoms with Gasteiger partial charge in [-0.1, -0.05) is 18.2 Å². The summed E-state index contributed by atoms with van der Waals surface area (Å²) in [6.07, 6.45) is 0. The largest absolute Gasteiger partial charge is 0.458 e. The zero-order valence-corrected chi connectivity index (χ0v) is 9.03. The highest BCUT2D eigenvalue weighted by Crippen LogP contribution is 2.19. The van der Waals surface area contributed by atoms with Crippen molar-refractivity contribution in [1.82, 2.24) is 0 Å². The highest BCUT2D eigenvalue weighted by Gasteiger charge is 2.18. The van der Waals surface area contributed by atoms with Crippen LogP contribution < -0.4 is 0 Å². The van der Waals surface area contributed by atoms with Crippen LogP contribution in [0.15, 0.2) is 30.3 Å². The second-order valence-corrected chi connectivity index (χ2v) is 4.40. The maximum Gasteiger partial charge on any atom is 0.338 e. The van der Waals surface area contributed by atoms with E-state index in [-0.39, 0.29) is 11.4 Å². The Morgan fingerprint density at radius 3 is 2.93 bits per heavy atom. The molecule has 0 radical (unpaired) electrons. The fourth-order valence-corrected chi connectivity index (χ4v) is 2.12. The summed E-state index contributed by atoms with van der Waals surface area (Å²) in [7, 11) is 0. The van der Waals surface area contributed by atoms with Crippen LogP contribution in [0.3, 0.4) is 0 Å². The van der Waals surface area contributed by atoms with Crippen LogP contribution in [0.2, 0.25) is 0 Å². The van der Waals surface area contributed by atoms with Gasteiger partial charge in [0, 0.05) is 5.75 Å². The lowest BCUT2D eigenvalue weighted by Gasteiger charge is -2.09. The van der Waals surface area contributed by atoms with Crippen molar-refractivity contribution in [2.75, 3.05) is 19.0 Å². The summed E-state index contributed by atoms with van der Waals surface area (Å²) in [6, 6.07) is 8.98. The molecule has 4 heteroatoms. The molecule has 1 aliphatic heterocycles. The minimum absolute atomic E-state index is 0.0117. The summed E-state index contributed by atoms with van der Waals surface area (Å²) in [5.74, 6) is 0.694. The van der Waals surface area contributed by atoms with Gasteiger partial charge < -0.3 is 9.47 Å². The predicted molar refractivity (Wildman–Crippen MR) is 58.9 cm³/mol. The first kappa shape index (κ1) is 10.5. The van der Waals surface area contributed by atoms with Crippen molar-refractivity contribution in [3.63, 3.8) is 0 Å². The van der Waals surface area contributed by atoms with Crippen molar-refractivity contribution in [2.45, 2.75) is 5.44 Å². The van der Waals surface area contributed by atoms with E-state index in [1.807, 2.05) is 18.2 Å². The minimum atomic E-state index is -0.285. The zero-order chi connectivity index (χ0) is 10.5. The van der Waals surface area contributed by atoms with Crippen LogP contribution in [0.1, 0.15) is 10.4 Å². The maximum absolute atomic E-state index is 11.5. The average Bonchev–Trinajstić information content (AvgIpc) is 2.80. The van der Waals surface area contributed by atoms with Crippen LogP contribution >= 0.6 is 11.8 Å². The van der Waals surface area contributed by atoms with Gasteiger partial charge in [-0.3, -0.25) is 0 Å². The molecule has 1 aliphatic rings. The molecule has 1 unspecified atom stereocenters. The first-order valence-corrected chi connectivity index (χ1v) is 5.86. The van der Waals surface area contributed by atoms with Gasteiger partial charge >= 0.3 is 5.97 Å². The van der Waals surface area contributed by atoms with Gasteiger partial charge in [-0.2, -0.15) is 0 Å². The molecule has 3 nitrogen and oxygen atoms in total. The molecule has 0 amide bonds. The third-order valence-corrected chi connectivity index (χ3v) is 3.10. The highest BCUT2D eigenvalue weighted by atomic mass is 32.2. The predicted octanol–water partition coefficient (Wildman–Crippen LogP) is 1.93. The molecule has 0 N–H and O–H groups in total. The Morgan fingerprint density at radius 2 is 2.27 bits per heavy atom. The molecule has 1 atom stereocenters. The number of rotatable bonds is 3. The Labute approximate surface area is 92.8 Å². The van der Waals surface area contributed by atoms with Crippen LogP contribution in [-0.4, -0.2) is 30.4 Å². The number of carbonyl (C=O) groups excluding carboxylic acids is 1. The van der Waals surface area contributed by atoms with E-state index in [4.69, 9.17) is 9.47 Å². The van der Waals surface area contributed by atoms with Gasteiger partial charge in [0.15, 0.2) is 0 Å². The van der Waals surface area contributed by atoms with Crippen LogP contribution in [0.4, 0.5) is 0 Å². The number of thioether (sulfide) groups is 1. The molecule has 0 bridgehead atoms. The van der Waals surface area contributed by atoms with Crippen molar-refractivity contribution < 1.29 is 14.3 Å². The minimum Gasteiger partial charge on any atom is -0.458 e. The lowest BCUT2D eigenvalue weighted by molar-refractivity contribution is 0.0297. The molecule has 1 fully saturated rings. The Kier molecular flexibility index (Phi) is 3.64. The Morgan fingerprint density at radius 1 is 1.47 bits per heavy atom. The van der Waals surface area contributed by atoms with Crippen molar-refractivity contribution in [3.05, 3.63) is 35.9 Å². The Hall–Kier alpha value is -1.00. The molecular weight excluding hydrogens is 212 g/mol. The molecule has 1 saturated heterocycles. The molecule has 0 aromatic heterocycles. The first-order valence-electron chi connectivity index (χ1n) is 4.81. The van der Waals surface area contributed by atoms with Gasteiger partial charge in [-0.05, 0) is 12.1 Å². The monoisotopic (exact) mass is 224 g/mol. The van der Waals surface area contributed by atoms with Gasteiger partial charge in [0.1, 0.15) is 12.0 Å². The van der Waals surface area contributed by atoms with Crippen molar-refractivity contribution in [1.29, 1.82) is 0 Å². The molecule has 0 aliphatic carbocycles. The number of esters is 1. The van der Waals surface area contributed by atoms with Gasteiger partial charge in [-0.25, -0.2) is 4.79 Å². The van der Waals surface area contributed by atoms with E-state index in [2.05, 4.69) is 0 Å². The van der Waals surface area contributed by atoms with Crippen molar-refractivity contribution >= 4 is 17.7 Å². The molecular formula is C11H12O3S. The van der Waals surface area contributed by atoms with Gasteiger partial charge in [0.2, 0.25) is 0 Å². The molecule has 2 rings (SSSR count). The fraction of sp³-hybridized carbons (Fsp3) is 0.364. The normalized spacial score (nSPS) is 20.1. The lowest BCUT2D eigenvalue weighted by Crippen LogP contribution is -2.15. The summed E-state index contributed by atoms with van der Waals surface area (Å²) in [5.41, 5.74) is 0.596. The molecule has 1 aromatic rings. The molecule has 15 heavy (non-hydrogen) atoms. The molecule has 1 aromatic carbocycles. The molecule has 0 spiro atoms. The smallest absolute Gasteiger partial charge is 0.338 e. The van der Waals surface area contributed by atoms with Crippen molar-refractivity contribution in [3.8, 4) is 0 Å². The van der Waals surface area contributed by atoms with Crippen LogP contribution in [0, 0.1) is 0 Å². The Bertz CT molecular complexity index is 320. The van der Waals surface area contributed by atoms with Crippen molar-refractivity contribution in [2.24, 2.45) is 0 Å². The number of hydrogen-bond donors (Lipinski definition) is 0. The van der Waals surface area contributed by atoms with Crippen LogP contribution in [-0.2, 0) is 9.47 Å². The van der Waals surface area contributed by atoms with E-state index in [1.165, 1.54) is 0 Å². The second-order valence-electron chi connectivity index (χ2n) is 3.14. The van der Waals surface area contributed by atoms with E-state index < -0.39 is 0 Å². The van der Waals surface area contributed by atoms with E-state index >= 15 is 0 Å². The standard InChI is InChI=1S/C11H12O3S/c12-11(9-4-2-1-3-5-9)14-8-10-13-6-7-15-10/h1-5,10H,6-8H2. The number of benzene rings is 1. The summed E-state index contributed by atoms with van der Waals surface area (Å²) in [4.78, 5) is 11.5. The summed E-state index contributed by atoms with van der Waals surface area (Å²) < 4.78 is 10.5. The number of carbonyl (C=O) groups is 1. The van der Waals surface area contributed by atoms with Crippen LogP contribution in [0.25, 0.3) is 0 Å². The summed E-state index contributed by atoms with van der Waals surface area (Å²) in [5, 5.41) is 0. The van der Waals surface area contributed by atoms with Gasteiger partial charge in [-0.15, -0.1) is 11.8 Å². The highest BCUT2D eigenvalue weighted by molar-refractivity contribution is 8.00. The van der Waals surface area contributed by atoms with E-state index in [0.29, 0.717) is 12.2 Å². The number of ether oxygens (including phenoxy) is 2. The zero-order valence-electron chi connectivity index (χ0n) is 8.22. The quantitative estimate of drug-likeness (QED) is 0.735. The topological polar surface area (TPSA) is 35.5 Å². The SMILES string of the molecule is O=C(OCC1OCCS1)c1ccccc1. The maximum atomic E-state index is 11.5. The average molecular weight is 224 g/mol. The first-order chi connectivity index (χ1) is 7.36. The fourth-order valence-electron chi connectivity index (χ4n) is 1.30. The van der Waals surface area contributed by atoms with Crippen LogP contribution in [0.5, 0.6) is 0 Å². The Balaban J connectivity index is 1.82. The van der Waals surface area contributed by atoms with Gasteiger partial charge in [0.25, 0.3) is 0 Å². The van der Waals surface area contributed by atoms with Gasteiger partial charge in [0.05, 0.1) is 12.2 Å². The molecule has 80 valence electrons. The molecule has 0 saturated carbocycles. The number of hydrogen-bond acceptors (Lipinski definition) is 4. The van der Waals surface area contributed by atoms with E-state index in [9.17, 15) is 4.79 Å². The second kappa shape index (κ2) is 5.19. The summed E-state index contributed by atoms with van der Waals surface area (Å²) in [6.45, 7) is 1.08. The van der Waals surface area contributed by atoms with E-state index in [0.717, 1.165) is 12.4 Å².